The Hall–Kier alpha value is -2.52. The molecular formula is C23H34N3O7P. The van der Waals surface area contributed by atoms with Crippen LogP contribution in [-0.2, 0) is 18.8 Å². The minimum absolute atomic E-state index is 0.138. The van der Waals surface area contributed by atoms with Crippen LogP contribution in [-0.4, -0.2) is 40.9 Å². The Balaban J connectivity index is 0.000000246. The SMILES string of the molecule is COP(N[C@@H](C)C(=O)OC(C)C)Oc1ccccc1.C[C@@H]1C[C@H](C)[C@H](n2ccc(=O)[nH]c2=O)O1. The van der Waals surface area contributed by atoms with Gasteiger partial charge in [0.2, 0.25) is 0 Å². The monoisotopic (exact) mass is 495 g/mol. The third-order valence-corrected chi connectivity index (χ3v) is 6.10. The highest BCUT2D eigenvalue weighted by Gasteiger charge is 2.31. The van der Waals surface area contributed by atoms with Gasteiger partial charge < -0.3 is 18.5 Å². The molecule has 0 amide bonds. The second-order valence-corrected chi connectivity index (χ2v) is 9.57. The summed E-state index contributed by atoms with van der Waals surface area (Å²) in [5.41, 5.74) is -0.789. The van der Waals surface area contributed by atoms with E-state index < -0.39 is 20.3 Å². The highest BCUT2D eigenvalue weighted by Crippen LogP contribution is 2.35. The molecule has 0 radical (unpaired) electrons. The molecule has 0 spiro atoms. The zero-order valence-electron chi connectivity index (χ0n) is 20.4. The maximum absolute atomic E-state index is 11.7. The van der Waals surface area contributed by atoms with Crippen molar-refractivity contribution in [3.63, 3.8) is 0 Å². The number of para-hydroxylation sites is 1. The fourth-order valence-corrected chi connectivity index (χ4v) is 4.24. The molecule has 5 atom stereocenters. The Bertz CT molecular complexity index is 1010. The number of benzene rings is 1. The third kappa shape index (κ3) is 8.68. The molecule has 34 heavy (non-hydrogen) atoms. The molecule has 0 bridgehead atoms. The van der Waals surface area contributed by atoms with Gasteiger partial charge in [-0.05, 0) is 46.2 Å². The summed E-state index contributed by atoms with van der Waals surface area (Å²) in [6.45, 7) is 9.35. The van der Waals surface area contributed by atoms with Gasteiger partial charge in [-0.25, -0.2) is 9.88 Å². The highest BCUT2D eigenvalue weighted by molar-refractivity contribution is 7.45. The number of nitrogens with one attached hydrogen (secondary N) is 2. The van der Waals surface area contributed by atoms with Gasteiger partial charge in [-0.1, -0.05) is 25.1 Å². The van der Waals surface area contributed by atoms with Gasteiger partial charge in [0.25, 0.3) is 5.56 Å². The molecule has 1 aromatic heterocycles. The Morgan fingerprint density at radius 2 is 1.85 bits per heavy atom. The van der Waals surface area contributed by atoms with Crippen LogP contribution >= 0.6 is 8.53 Å². The molecule has 1 aliphatic heterocycles. The third-order valence-electron chi connectivity index (χ3n) is 4.79. The number of hydrogen-bond donors (Lipinski definition) is 2. The predicted octanol–water partition coefficient (Wildman–Crippen LogP) is 3.35. The second-order valence-electron chi connectivity index (χ2n) is 8.25. The Labute approximate surface area is 200 Å². The van der Waals surface area contributed by atoms with Gasteiger partial charge in [0.1, 0.15) is 18.0 Å². The van der Waals surface area contributed by atoms with E-state index >= 15 is 0 Å². The second kappa shape index (κ2) is 13.4. The van der Waals surface area contributed by atoms with Gasteiger partial charge in [-0.3, -0.25) is 19.1 Å². The van der Waals surface area contributed by atoms with Crippen molar-refractivity contribution in [2.45, 2.75) is 65.5 Å². The van der Waals surface area contributed by atoms with Crippen LogP contribution in [0.4, 0.5) is 0 Å². The summed E-state index contributed by atoms with van der Waals surface area (Å²) >= 11 is 0. The zero-order valence-corrected chi connectivity index (χ0v) is 21.3. The lowest BCUT2D eigenvalue weighted by atomic mass is 10.1. The van der Waals surface area contributed by atoms with E-state index in [-0.39, 0.29) is 35.9 Å². The topological polar surface area (TPSA) is 121 Å². The molecule has 11 heteroatoms. The number of nitrogens with zero attached hydrogens (tertiary/aromatic N) is 1. The lowest BCUT2D eigenvalue weighted by Crippen LogP contribution is -2.34. The lowest BCUT2D eigenvalue weighted by molar-refractivity contribution is -0.149. The number of hydrogen-bond acceptors (Lipinski definition) is 8. The van der Waals surface area contributed by atoms with Crippen LogP contribution in [0.3, 0.4) is 0 Å². The van der Waals surface area contributed by atoms with Crippen LogP contribution in [0.15, 0.2) is 52.2 Å². The normalized spacial score (nSPS) is 21.3. The first-order valence-corrected chi connectivity index (χ1v) is 12.3. The number of rotatable bonds is 8. The van der Waals surface area contributed by atoms with Crippen molar-refractivity contribution in [2.24, 2.45) is 5.92 Å². The maximum atomic E-state index is 11.7. The van der Waals surface area contributed by atoms with Gasteiger partial charge in [0, 0.05) is 25.3 Å². The molecule has 188 valence electrons. The largest absolute Gasteiger partial charge is 0.462 e. The van der Waals surface area contributed by atoms with Crippen molar-refractivity contribution >= 4 is 14.5 Å². The van der Waals surface area contributed by atoms with Crippen LogP contribution < -0.4 is 20.9 Å². The average Bonchev–Trinajstić information content (AvgIpc) is 3.11. The van der Waals surface area contributed by atoms with Crippen molar-refractivity contribution in [1.29, 1.82) is 0 Å². The lowest BCUT2D eigenvalue weighted by Gasteiger charge is -2.20. The first-order valence-electron chi connectivity index (χ1n) is 11.1. The standard InChI is InChI=1S/C13H20NO4P.C10H14N2O3/c1-10(2)17-13(15)11(3)14-19(16-4)18-12-8-6-5-7-9-12;1-6-5-7(2)15-9(6)12-4-3-8(13)11-10(12)14/h5-11,14H,1-4H3;3-4,6-7,9H,5H2,1-2H3,(H,11,13,14)/t11-,19?;6-,7+,9+/m00/s1. The molecule has 3 rings (SSSR count). The van der Waals surface area contributed by atoms with Crippen molar-refractivity contribution < 1.29 is 23.3 Å². The molecule has 1 saturated heterocycles. The van der Waals surface area contributed by atoms with E-state index in [1.165, 1.54) is 23.9 Å². The minimum Gasteiger partial charge on any atom is -0.462 e. The van der Waals surface area contributed by atoms with Crippen LogP contribution in [0.5, 0.6) is 5.75 Å². The Morgan fingerprint density at radius 1 is 1.18 bits per heavy atom. The number of ether oxygens (including phenoxy) is 2. The summed E-state index contributed by atoms with van der Waals surface area (Å²) in [6.07, 6.45) is 2.17. The molecule has 10 nitrogen and oxygen atoms in total. The first kappa shape index (κ1) is 27.7. The average molecular weight is 496 g/mol. The molecule has 1 fully saturated rings. The van der Waals surface area contributed by atoms with Crippen LogP contribution in [0, 0.1) is 5.92 Å². The van der Waals surface area contributed by atoms with E-state index in [4.69, 9.17) is 18.5 Å². The van der Waals surface area contributed by atoms with E-state index in [1.54, 1.807) is 6.92 Å². The van der Waals surface area contributed by atoms with E-state index in [9.17, 15) is 14.4 Å². The van der Waals surface area contributed by atoms with Gasteiger partial charge in [0.15, 0.2) is 0 Å². The van der Waals surface area contributed by atoms with Crippen molar-refractivity contribution in [1.82, 2.24) is 14.6 Å². The molecule has 1 aliphatic rings. The number of H-pyrrole nitrogens is 1. The van der Waals surface area contributed by atoms with Gasteiger partial charge in [-0.2, -0.15) is 0 Å². The van der Waals surface area contributed by atoms with E-state index in [0.717, 1.165) is 6.42 Å². The summed E-state index contributed by atoms with van der Waals surface area (Å²) in [6, 6.07) is 10.1. The van der Waals surface area contributed by atoms with E-state index in [0.29, 0.717) is 5.75 Å². The number of esters is 1. The summed E-state index contributed by atoms with van der Waals surface area (Å²) in [4.78, 5) is 36.3. The molecule has 0 saturated carbocycles. The van der Waals surface area contributed by atoms with Crippen molar-refractivity contribution in [3.8, 4) is 5.75 Å². The number of aromatic nitrogens is 2. The highest BCUT2D eigenvalue weighted by atomic mass is 31.2. The summed E-state index contributed by atoms with van der Waals surface area (Å²) in [5, 5.41) is 2.97. The number of carbonyl (C=O) groups excluding carboxylic acids is 1. The maximum Gasteiger partial charge on any atom is 0.330 e. The summed E-state index contributed by atoms with van der Waals surface area (Å²) in [5.74, 6) is 0.646. The molecular weight excluding hydrogens is 461 g/mol. The molecule has 2 aromatic rings. The summed E-state index contributed by atoms with van der Waals surface area (Å²) < 4.78 is 23.0. The van der Waals surface area contributed by atoms with Crippen molar-refractivity contribution in [3.05, 3.63) is 63.4 Å². The molecule has 0 aliphatic carbocycles. The van der Waals surface area contributed by atoms with Crippen molar-refractivity contribution in [2.75, 3.05) is 7.11 Å². The first-order chi connectivity index (χ1) is 16.1. The Kier molecular flexibility index (Phi) is 10.9. The fraction of sp³-hybridized carbons (Fsp3) is 0.522. The van der Waals surface area contributed by atoms with Gasteiger partial charge >= 0.3 is 20.2 Å². The predicted molar refractivity (Wildman–Crippen MR) is 130 cm³/mol. The van der Waals surface area contributed by atoms with Crippen LogP contribution in [0.1, 0.15) is 47.3 Å². The van der Waals surface area contributed by atoms with E-state index in [1.807, 2.05) is 58.0 Å². The van der Waals surface area contributed by atoms with Gasteiger partial charge in [0.05, 0.1) is 12.2 Å². The van der Waals surface area contributed by atoms with Gasteiger partial charge in [-0.15, -0.1) is 0 Å². The molecule has 1 aromatic carbocycles. The quantitative estimate of drug-likeness (QED) is 0.423. The van der Waals surface area contributed by atoms with Crippen LogP contribution in [0.2, 0.25) is 0 Å². The number of carbonyl (C=O) groups is 1. The Morgan fingerprint density at radius 3 is 2.38 bits per heavy atom. The molecule has 1 unspecified atom stereocenters. The molecule has 2 heterocycles. The van der Waals surface area contributed by atoms with E-state index in [2.05, 4.69) is 10.1 Å². The molecule has 2 N–H and O–H groups in total. The number of aromatic amines is 1. The smallest absolute Gasteiger partial charge is 0.330 e. The minimum atomic E-state index is -1.38. The summed E-state index contributed by atoms with van der Waals surface area (Å²) in [7, 11) is 0.147. The fourth-order valence-electron chi connectivity index (χ4n) is 3.27. The van der Waals surface area contributed by atoms with Crippen LogP contribution in [0.25, 0.3) is 0 Å². The zero-order chi connectivity index (χ0) is 25.3.